The molecule has 118 valence electrons. The maximum absolute atomic E-state index is 12.4. The molecule has 1 amide bonds. The molecule has 1 aromatic heterocycles. The van der Waals surface area contributed by atoms with Crippen molar-refractivity contribution in [3.05, 3.63) is 29.5 Å². The van der Waals surface area contributed by atoms with Crippen LogP contribution >= 0.6 is 0 Å². The van der Waals surface area contributed by atoms with Crippen LogP contribution in [0.25, 0.3) is 10.9 Å². The van der Waals surface area contributed by atoms with E-state index in [9.17, 15) is 22.9 Å². The highest BCUT2D eigenvalue weighted by Crippen LogP contribution is 2.32. The lowest BCUT2D eigenvalue weighted by Crippen LogP contribution is -2.35. The molecule has 2 aromatic rings. The van der Waals surface area contributed by atoms with E-state index in [4.69, 9.17) is 0 Å². The van der Waals surface area contributed by atoms with Crippen LogP contribution in [0, 0.1) is 0 Å². The van der Waals surface area contributed by atoms with Crippen molar-refractivity contribution in [2.24, 2.45) is 0 Å². The highest BCUT2D eigenvalue weighted by molar-refractivity contribution is 7.85. The maximum Gasteiger partial charge on any atom is 0.294 e. The highest BCUT2D eigenvalue weighted by Gasteiger charge is 2.29. The van der Waals surface area contributed by atoms with Crippen LogP contribution < -0.4 is 0 Å². The number of aromatic nitrogens is 1. The molecule has 1 aromatic carbocycles. The largest absolute Gasteiger partial charge is 0.395 e. The van der Waals surface area contributed by atoms with Crippen LogP contribution in [-0.2, 0) is 23.1 Å². The molecule has 0 spiro atoms. The summed E-state index contributed by atoms with van der Waals surface area (Å²) in [5.74, 6) is -0.153. The van der Waals surface area contributed by atoms with Gasteiger partial charge < -0.3 is 14.6 Å². The van der Waals surface area contributed by atoms with Gasteiger partial charge in [0.25, 0.3) is 16.0 Å². The molecule has 22 heavy (non-hydrogen) atoms. The van der Waals surface area contributed by atoms with Gasteiger partial charge in [-0.3, -0.25) is 9.35 Å². The Bertz CT molecular complexity index is 869. The molecule has 0 unspecified atom stereocenters. The number of aliphatic hydroxyl groups excluding tert-OH is 1. The number of hydrogen-bond acceptors (Lipinski definition) is 4. The van der Waals surface area contributed by atoms with Crippen molar-refractivity contribution in [1.82, 2.24) is 9.47 Å². The molecule has 3 rings (SSSR count). The number of amides is 1. The number of likely N-dealkylation sites (N-methyl/N-ethyl adjacent to an activating group) is 1. The van der Waals surface area contributed by atoms with Crippen molar-refractivity contribution >= 4 is 26.9 Å². The lowest BCUT2D eigenvalue weighted by molar-refractivity contribution is 0.0769. The Morgan fingerprint density at radius 3 is 2.68 bits per heavy atom. The van der Waals surface area contributed by atoms with Crippen molar-refractivity contribution in [2.45, 2.75) is 17.9 Å². The second kappa shape index (κ2) is 5.08. The monoisotopic (exact) mass is 324 g/mol. The predicted molar refractivity (Wildman–Crippen MR) is 79.5 cm³/mol. The summed E-state index contributed by atoms with van der Waals surface area (Å²) >= 11 is 0. The molecule has 2 heterocycles. The molecule has 0 radical (unpaired) electrons. The van der Waals surface area contributed by atoms with E-state index in [1.807, 2.05) is 0 Å². The van der Waals surface area contributed by atoms with Gasteiger partial charge in [-0.15, -0.1) is 0 Å². The highest BCUT2D eigenvalue weighted by atomic mass is 32.2. The maximum atomic E-state index is 12.4. The summed E-state index contributed by atoms with van der Waals surface area (Å²) in [6, 6.07) is 4.24. The second-order valence-electron chi connectivity index (χ2n) is 5.33. The van der Waals surface area contributed by atoms with Gasteiger partial charge in [0.1, 0.15) is 5.69 Å². The minimum absolute atomic E-state index is 0.132. The molecule has 0 bridgehead atoms. The first-order valence-corrected chi connectivity index (χ1v) is 8.27. The van der Waals surface area contributed by atoms with E-state index in [0.29, 0.717) is 29.6 Å². The zero-order chi connectivity index (χ0) is 16.1. The van der Waals surface area contributed by atoms with Crippen molar-refractivity contribution < 1.29 is 22.9 Å². The Morgan fingerprint density at radius 2 is 2.05 bits per heavy atom. The van der Waals surface area contributed by atoms with Crippen molar-refractivity contribution in [3.8, 4) is 0 Å². The molecule has 1 aliphatic rings. The third kappa shape index (κ3) is 2.20. The lowest BCUT2D eigenvalue weighted by Gasteiger charge is -2.24. The summed E-state index contributed by atoms with van der Waals surface area (Å²) < 4.78 is 33.6. The van der Waals surface area contributed by atoms with E-state index in [0.717, 1.165) is 5.56 Å². The van der Waals surface area contributed by atoms with Crippen molar-refractivity contribution in [3.63, 3.8) is 0 Å². The second-order valence-corrected chi connectivity index (χ2v) is 6.75. The molecule has 0 aliphatic carbocycles. The Kier molecular flexibility index (Phi) is 3.47. The number of aliphatic hydroxyl groups is 1. The third-order valence-corrected chi connectivity index (χ3v) is 4.86. The minimum Gasteiger partial charge on any atom is -0.395 e. The van der Waals surface area contributed by atoms with Gasteiger partial charge in [-0.2, -0.15) is 8.42 Å². The number of carbonyl (C=O) groups excluding carboxylic acids is 1. The van der Waals surface area contributed by atoms with Gasteiger partial charge >= 0.3 is 0 Å². The topological polar surface area (TPSA) is 99.8 Å². The van der Waals surface area contributed by atoms with E-state index in [1.54, 1.807) is 22.6 Å². The van der Waals surface area contributed by atoms with E-state index in [-0.39, 0.29) is 24.0 Å². The molecule has 0 saturated heterocycles. The van der Waals surface area contributed by atoms with Crippen LogP contribution in [0.4, 0.5) is 0 Å². The van der Waals surface area contributed by atoms with Crippen LogP contribution in [0.2, 0.25) is 0 Å². The molecule has 2 N–H and O–H groups in total. The quantitative estimate of drug-likeness (QED) is 0.801. The van der Waals surface area contributed by atoms with Crippen LogP contribution in [0.5, 0.6) is 0 Å². The van der Waals surface area contributed by atoms with E-state index >= 15 is 0 Å². The first-order valence-electron chi connectivity index (χ1n) is 6.83. The van der Waals surface area contributed by atoms with Gasteiger partial charge in [-0.25, -0.2) is 0 Å². The van der Waals surface area contributed by atoms with Gasteiger partial charge in [-0.05, 0) is 30.2 Å². The number of benzene rings is 1. The van der Waals surface area contributed by atoms with Gasteiger partial charge in [-0.1, -0.05) is 0 Å². The first-order chi connectivity index (χ1) is 10.3. The molecule has 0 fully saturated rings. The Hall–Kier alpha value is -1.90. The number of rotatable bonds is 3. The van der Waals surface area contributed by atoms with Crippen LogP contribution in [0.1, 0.15) is 16.1 Å². The van der Waals surface area contributed by atoms with Gasteiger partial charge in [0.15, 0.2) is 0 Å². The number of carbonyl (C=O) groups is 1. The lowest BCUT2D eigenvalue weighted by atomic mass is 10.0. The van der Waals surface area contributed by atoms with E-state index < -0.39 is 10.1 Å². The van der Waals surface area contributed by atoms with Gasteiger partial charge in [0.2, 0.25) is 0 Å². The zero-order valence-corrected chi connectivity index (χ0v) is 12.8. The third-order valence-electron chi connectivity index (χ3n) is 4.01. The molecule has 0 saturated carbocycles. The average Bonchev–Trinajstić information content (AvgIpc) is 2.77. The normalized spacial score (nSPS) is 15.4. The standard InChI is InChI=1S/C14H16N2O5S/c1-15-5-4-10-11-8-9(22(19,20)21)2-3-12(11)16(6-7-17)13(10)14(15)18/h2-3,8,17H,4-7H2,1H3,(H,19,20,21). The van der Waals surface area contributed by atoms with Crippen LogP contribution in [0.15, 0.2) is 23.1 Å². The summed E-state index contributed by atoms with van der Waals surface area (Å²) in [5.41, 5.74) is 1.91. The predicted octanol–water partition coefficient (Wildman–Crippen LogP) is 0.508. The summed E-state index contributed by atoms with van der Waals surface area (Å²) in [5, 5.41) is 9.88. The Morgan fingerprint density at radius 1 is 1.32 bits per heavy atom. The van der Waals surface area contributed by atoms with Crippen molar-refractivity contribution in [1.29, 1.82) is 0 Å². The summed E-state index contributed by atoms with van der Waals surface area (Å²) in [6.07, 6.45) is 0.599. The Labute approximate surface area is 127 Å². The average molecular weight is 324 g/mol. The first kappa shape index (κ1) is 15.0. The van der Waals surface area contributed by atoms with Gasteiger partial charge in [0, 0.05) is 31.0 Å². The summed E-state index contributed by atoms with van der Waals surface area (Å²) in [7, 11) is -2.60. The van der Waals surface area contributed by atoms with Crippen LogP contribution in [-0.4, -0.2) is 53.7 Å². The molecule has 8 heteroatoms. The summed E-state index contributed by atoms with van der Waals surface area (Å²) in [4.78, 5) is 13.8. The molecular weight excluding hydrogens is 308 g/mol. The molecule has 1 aliphatic heterocycles. The molecule has 7 nitrogen and oxygen atoms in total. The smallest absolute Gasteiger partial charge is 0.294 e. The number of hydrogen-bond donors (Lipinski definition) is 2. The fourth-order valence-corrected chi connectivity index (χ4v) is 3.46. The zero-order valence-electron chi connectivity index (χ0n) is 12.0. The minimum atomic E-state index is -4.30. The van der Waals surface area contributed by atoms with Crippen molar-refractivity contribution in [2.75, 3.05) is 20.2 Å². The fourth-order valence-electron chi connectivity index (χ4n) is 2.96. The van der Waals surface area contributed by atoms with E-state index in [1.165, 1.54) is 12.1 Å². The van der Waals surface area contributed by atoms with Crippen LogP contribution in [0.3, 0.4) is 0 Å². The number of fused-ring (bicyclic) bond motifs is 3. The Balaban J connectivity index is 2.35. The summed E-state index contributed by atoms with van der Waals surface area (Å²) in [6.45, 7) is 0.657. The molecular formula is C14H16N2O5S. The SMILES string of the molecule is CN1CCc2c(n(CCO)c3ccc(S(=O)(=O)O)cc23)C1=O. The van der Waals surface area contributed by atoms with E-state index in [2.05, 4.69) is 0 Å². The number of nitrogens with zero attached hydrogens (tertiary/aromatic N) is 2. The molecule has 0 atom stereocenters. The fraction of sp³-hybridized carbons (Fsp3) is 0.357. The van der Waals surface area contributed by atoms with Gasteiger partial charge in [0.05, 0.1) is 11.5 Å².